The van der Waals surface area contributed by atoms with Crippen LogP contribution < -0.4 is 10.9 Å². The lowest BCUT2D eigenvalue weighted by atomic mass is 10.2. The van der Waals surface area contributed by atoms with Crippen molar-refractivity contribution >= 4 is 38.5 Å². The molecule has 1 aromatic carbocycles. The molecule has 88 valence electrons. The highest BCUT2D eigenvalue weighted by Crippen LogP contribution is 2.17. The van der Waals surface area contributed by atoms with E-state index in [0.717, 1.165) is 5.39 Å². The molecule has 0 fully saturated rings. The number of amides is 1. The van der Waals surface area contributed by atoms with Crippen molar-refractivity contribution in [3.8, 4) is 0 Å². The quantitative estimate of drug-likeness (QED) is 0.699. The highest BCUT2D eigenvalue weighted by atomic mass is 79.9. The van der Waals surface area contributed by atoms with Gasteiger partial charge in [-0.25, -0.2) is 4.79 Å². The van der Waals surface area contributed by atoms with Gasteiger partial charge < -0.3 is 9.73 Å². The van der Waals surface area contributed by atoms with E-state index in [4.69, 9.17) is 4.42 Å². The van der Waals surface area contributed by atoms with Gasteiger partial charge in [0, 0.05) is 28.9 Å². The minimum Gasteiger partial charge on any atom is -0.423 e. The van der Waals surface area contributed by atoms with Crippen molar-refractivity contribution in [2.45, 2.75) is 6.42 Å². The van der Waals surface area contributed by atoms with Crippen molar-refractivity contribution in [3.63, 3.8) is 0 Å². The number of rotatable bonds is 3. The molecule has 0 spiro atoms. The monoisotopic (exact) mass is 295 g/mol. The number of alkyl halides is 1. The van der Waals surface area contributed by atoms with E-state index in [-0.39, 0.29) is 11.5 Å². The van der Waals surface area contributed by atoms with Crippen molar-refractivity contribution in [1.82, 2.24) is 0 Å². The predicted octanol–water partition coefficient (Wildman–Crippen LogP) is 2.52. The number of carbonyl (C=O) groups excluding carboxylic acids is 1. The lowest BCUT2D eigenvalue weighted by Crippen LogP contribution is -2.11. The van der Waals surface area contributed by atoms with E-state index in [9.17, 15) is 9.59 Å². The first-order valence-electron chi connectivity index (χ1n) is 5.09. The fourth-order valence-corrected chi connectivity index (χ4v) is 1.82. The van der Waals surface area contributed by atoms with Crippen LogP contribution >= 0.6 is 15.9 Å². The van der Waals surface area contributed by atoms with E-state index in [1.165, 1.54) is 6.07 Å². The van der Waals surface area contributed by atoms with E-state index in [0.29, 0.717) is 23.0 Å². The Labute approximate surface area is 106 Å². The Bertz CT molecular complexity index is 606. The number of halogens is 1. The Morgan fingerprint density at radius 3 is 2.88 bits per heavy atom. The molecule has 1 N–H and O–H groups in total. The Balaban J connectivity index is 2.29. The topological polar surface area (TPSA) is 59.3 Å². The van der Waals surface area contributed by atoms with E-state index >= 15 is 0 Å². The zero-order valence-electron chi connectivity index (χ0n) is 8.90. The van der Waals surface area contributed by atoms with Gasteiger partial charge >= 0.3 is 5.63 Å². The summed E-state index contributed by atoms with van der Waals surface area (Å²) in [7, 11) is 0. The maximum absolute atomic E-state index is 11.4. The van der Waals surface area contributed by atoms with Crippen LogP contribution in [-0.4, -0.2) is 11.2 Å². The molecule has 0 unspecified atom stereocenters. The summed E-state index contributed by atoms with van der Waals surface area (Å²) in [4.78, 5) is 22.4. The molecule has 0 aliphatic rings. The highest BCUT2D eigenvalue weighted by molar-refractivity contribution is 9.09. The van der Waals surface area contributed by atoms with Crippen LogP contribution in [0.2, 0.25) is 0 Å². The average molecular weight is 296 g/mol. The van der Waals surface area contributed by atoms with Crippen LogP contribution in [0.1, 0.15) is 6.42 Å². The predicted molar refractivity (Wildman–Crippen MR) is 69.5 cm³/mol. The molecule has 0 aliphatic carbocycles. The molecule has 17 heavy (non-hydrogen) atoms. The molecule has 5 heteroatoms. The Hall–Kier alpha value is -1.62. The third-order valence-electron chi connectivity index (χ3n) is 2.22. The molecule has 1 aromatic heterocycles. The van der Waals surface area contributed by atoms with Crippen LogP contribution in [0.5, 0.6) is 0 Å². The summed E-state index contributed by atoms with van der Waals surface area (Å²) in [5.74, 6) is -0.0568. The van der Waals surface area contributed by atoms with E-state index in [1.54, 1.807) is 24.3 Å². The first-order valence-corrected chi connectivity index (χ1v) is 6.21. The van der Waals surface area contributed by atoms with Gasteiger partial charge in [-0.15, -0.1) is 0 Å². The van der Waals surface area contributed by atoms with Gasteiger partial charge in [-0.3, -0.25) is 4.79 Å². The van der Waals surface area contributed by atoms with Crippen molar-refractivity contribution in [2.24, 2.45) is 0 Å². The van der Waals surface area contributed by atoms with E-state index in [2.05, 4.69) is 21.2 Å². The summed E-state index contributed by atoms with van der Waals surface area (Å²) in [5.41, 5.74) is 0.821. The molecule has 0 saturated carbocycles. The average Bonchev–Trinajstić information content (AvgIpc) is 2.29. The lowest BCUT2D eigenvalue weighted by molar-refractivity contribution is -0.115. The summed E-state index contributed by atoms with van der Waals surface area (Å²) in [6.07, 6.45) is 0.419. The summed E-state index contributed by atoms with van der Waals surface area (Å²) in [6.45, 7) is 0. The van der Waals surface area contributed by atoms with Gasteiger partial charge in [-0.2, -0.15) is 0 Å². The van der Waals surface area contributed by atoms with Gasteiger partial charge in [-0.05, 0) is 24.3 Å². The zero-order valence-corrected chi connectivity index (χ0v) is 10.5. The first kappa shape index (κ1) is 11.9. The number of benzene rings is 1. The standard InChI is InChI=1S/C12H10BrNO3/c13-6-5-11(15)14-9-2-3-10-8(7-9)1-4-12(16)17-10/h1-4,7H,5-6H2,(H,14,15). The van der Waals surface area contributed by atoms with Crippen LogP contribution in [0.3, 0.4) is 0 Å². The zero-order chi connectivity index (χ0) is 12.3. The van der Waals surface area contributed by atoms with Crippen LogP contribution in [0.15, 0.2) is 39.5 Å². The molecule has 0 radical (unpaired) electrons. The minimum atomic E-state index is -0.381. The number of carbonyl (C=O) groups is 1. The number of fused-ring (bicyclic) bond motifs is 1. The van der Waals surface area contributed by atoms with Crippen molar-refractivity contribution in [1.29, 1.82) is 0 Å². The molecule has 0 bridgehead atoms. The minimum absolute atomic E-state index is 0.0568. The number of hydrogen-bond donors (Lipinski definition) is 1. The smallest absolute Gasteiger partial charge is 0.336 e. The lowest BCUT2D eigenvalue weighted by Gasteiger charge is -2.04. The molecule has 4 nitrogen and oxygen atoms in total. The van der Waals surface area contributed by atoms with Crippen LogP contribution in [0.25, 0.3) is 11.0 Å². The third-order valence-corrected chi connectivity index (χ3v) is 2.62. The summed E-state index contributed by atoms with van der Waals surface area (Å²) in [6, 6.07) is 8.16. The molecular formula is C12H10BrNO3. The Morgan fingerprint density at radius 1 is 1.29 bits per heavy atom. The molecule has 0 aliphatic heterocycles. The van der Waals surface area contributed by atoms with Gasteiger partial charge in [0.2, 0.25) is 5.91 Å². The SMILES string of the molecule is O=C(CCBr)Nc1ccc2oc(=O)ccc2c1. The molecule has 0 atom stereocenters. The number of hydrogen-bond acceptors (Lipinski definition) is 3. The van der Waals surface area contributed by atoms with Gasteiger partial charge in [0.25, 0.3) is 0 Å². The van der Waals surface area contributed by atoms with Crippen molar-refractivity contribution in [2.75, 3.05) is 10.6 Å². The summed E-state index contributed by atoms with van der Waals surface area (Å²) >= 11 is 3.20. The number of nitrogens with one attached hydrogen (secondary N) is 1. The third kappa shape index (κ3) is 2.94. The molecule has 2 aromatic rings. The van der Waals surface area contributed by atoms with Gasteiger partial charge in [-0.1, -0.05) is 15.9 Å². The van der Waals surface area contributed by atoms with Gasteiger partial charge in [0.05, 0.1) is 0 Å². The number of anilines is 1. The fraction of sp³-hybridized carbons (Fsp3) is 0.167. The van der Waals surface area contributed by atoms with Crippen molar-refractivity contribution < 1.29 is 9.21 Å². The highest BCUT2D eigenvalue weighted by Gasteiger charge is 2.03. The molecule has 1 amide bonds. The van der Waals surface area contributed by atoms with Crippen LogP contribution in [0, 0.1) is 0 Å². The second kappa shape index (κ2) is 5.14. The molecule has 0 saturated heterocycles. The maximum Gasteiger partial charge on any atom is 0.336 e. The second-order valence-electron chi connectivity index (χ2n) is 3.49. The second-order valence-corrected chi connectivity index (χ2v) is 4.29. The Morgan fingerprint density at radius 2 is 2.12 bits per heavy atom. The van der Waals surface area contributed by atoms with E-state index < -0.39 is 0 Å². The van der Waals surface area contributed by atoms with Crippen LogP contribution in [-0.2, 0) is 4.79 Å². The molecule has 2 rings (SSSR count). The molecule has 1 heterocycles. The van der Waals surface area contributed by atoms with Crippen molar-refractivity contribution in [3.05, 3.63) is 40.8 Å². The van der Waals surface area contributed by atoms with E-state index in [1.807, 2.05) is 0 Å². The summed E-state index contributed by atoms with van der Waals surface area (Å²) < 4.78 is 4.99. The van der Waals surface area contributed by atoms with Crippen LogP contribution in [0.4, 0.5) is 5.69 Å². The first-order chi connectivity index (χ1) is 8.19. The van der Waals surface area contributed by atoms with Gasteiger partial charge in [0.1, 0.15) is 5.58 Å². The molecular weight excluding hydrogens is 286 g/mol. The summed E-state index contributed by atoms with van der Waals surface area (Å²) in [5, 5.41) is 4.17. The normalized spacial score (nSPS) is 10.4. The Kier molecular flexibility index (Phi) is 3.58. The largest absolute Gasteiger partial charge is 0.423 e. The maximum atomic E-state index is 11.4. The van der Waals surface area contributed by atoms with Gasteiger partial charge in [0.15, 0.2) is 0 Å². The fourth-order valence-electron chi connectivity index (χ4n) is 1.46.